The molecular formula is C21H25N5O3. The summed E-state index contributed by atoms with van der Waals surface area (Å²) in [6.07, 6.45) is 7.31. The Kier molecular flexibility index (Phi) is 5.01. The minimum atomic E-state index is -0.317. The van der Waals surface area contributed by atoms with Crippen molar-refractivity contribution in [3.63, 3.8) is 0 Å². The normalized spacial score (nSPS) is 21.0. The minimum absolute atomic E-state index is 0.0308. The summed E-state index contributed by atoms with van der Waals surface area (Å²) in [4.78, 5) is 24.3. The van der Waals surface area contributed by atoms with Gasteiger partial charge in [0.05, 0.1) is 24.2 Å². The van der Waals surface area contributed by atoms with Crippen molar-refractivity contribution in [2.24, 2.45) is 0 Å². The average molecular weight is 395 g/mol. The van der Waals surface area contributed by atoms with E-state index in [0.29, 0.717) is 31.5 Å². The van der Waals surface area contributed by atoms with Crippen LogP contribution in [0.1, 0.15) is 55.7 Å². The third kappa shape index (κ3) is 3.53. The molecule has 3 heterocycles. The van der Waals surface area contributed by atoms with Gasteiger partial charge in [0.2, 0.25) is 12.3 Å². The molecule has 29 heavy (non-hydrogen) atoms. The molecule has 2 aliphatic rings. The Bertz CT molecular complexity index is 978. The molecule has 1 unspecified atom stereocenters. The van der Waals surface area contributed by atoms with E-state index in [2.05, 4.69) is 20.8 Å². The Labute approximate surface area is 168 Å². The molecule has 3 aromatic rings. The number of fused-ring (bicyclic) bond motifs is 1. The number of hydrogen-bond donors (Lipinski definition) is 0. The van der Waals surface area contributed by atoms with Gasteiger partial charge in [-0.3, -0.25) is 4.79 Å². The Balaban J connectivity index is 1.46. The van der Waals surface area contributed by atoms with Gasteiger partial charge in [-0.2, -0.15) is 4.98 Å². The summed E-state index contributed by atoms with van der Waals surface area (Å²) in [5.74, 6) is 1.98. The number of carbonyl (C=O) groups excluding carboxylic acids is 1. The topological polar surface area (TPSA) is 86.3 Å². The minimum Gasteiger partial charge on any atom is -0.377 e. The van der Waals surface area contributed by atoms with Crippen LogP contribution < -0.4 is 0 Å². The molecule has 152 valence electrons. The van der Waals surface area contributed by atoms with E-state index in [-0.39, 0.29) is 18.5 Å². The van der Waals surface area contributed by atoms with Gasteiger partial charge >= 0.3 is 0 Å². The van der Waals surface area contributed by atoms with E-state index in [1.54, 1.807) is 0 Å². The molecule has 1 amide bonds. The van der Waals surface area contributed by atoms with Gasteiger partial charge in [-0.25, -0.2) is 4.98 Å². The first-order valence-electron chi connectivity index (χ1n) is 10.4. The first-order chi connectivity index (χ1) is 14.3. The number of para-hydroxylation sites is 2. The van der Waals surface area contributed by atoms with Gasteiger partial charge in [-0.05, 0) is 25.0 Å². The second-order valence-electron chi connectivity index (χ2n) is 7.85. The van der Waals surface area contributed by atoms with E-state index in [1.807, 2.05) is 23.1 Å². The molecule has 0 N–H and O–H groups in total. The number of ether oxygens (including phenoxy) is 1. The second kappa shape index (κ2) is 7.94. The van der Waals surface area contributed by atoms with Crippen LogP contribution in [-0.2, 0) is 16.1 Å². The lowest BCUT2D eigenvalue weighted by molar-refractivity contribution is -0.141. The highest BCUT2D eigenvalue weighted by Crippen LogP contribution is 2.34. The summed E-state index contributed by atoms with van der Waals surface area (Å²) < 4.78 is 12.6. The Morgan fingerprint density at radius 3 is 2.86 bits per heavy atom. The Hall–Kier alpha value is -2.74. The van der Waals surface area contributed by atoms with Crippen LogP contribution in [0.2, 0.25) is 0 Å². The van der Waals surface area contributed by atoms with Crippen molar-refractivity contribution in [2.45, 2.75) is 50.6 Å². The summed E-state index contributed by atoms with van der Waals surface area (Å²) in [5, 5.41) is 3.93. The molecule has 1 saturated heterocycles. The van der Waals surface area contributed by atoms with Crippen molar-refractivity contribution in [1.82, 2.24) is 24.6 Å². The summed E-state index contributed by atoms with van der Waals surface area (Å²) in [7, 11) is 0. The van der Waals surface area contributed by atoms with E-state index in [0.717, 1.165) is 29.7 Å². The van der Waals surface area contributed by atoms with Crippen molar-refractivity contribution in [3.05, 3.63) is 42.3 Å². The molecule has 8 heteroatoms. The standard InChI is InChI=1S/C21H25N5O3/c27-19(25-10-11-28-13-18(25)20-22-14-29-24-20)12-26-17-9-5-4-8-16(17)23-21(26)15-6-2-1-3-7-15/h4-5,8-9,14-15,18H,1-3,6-7,10-13H2. The van der Waals surface area contributed by atoms with Gasteiger partial charge in [0.25, 0.3) is 0 Å². The highest BCUT2D eigenvalue weighted by atomic mass is 16.5. The van der Waals surface area contributed by atoms with E-state index >= 15 is 0 Å². The molecule has 0 bridgehead atoms. The molecule has 1 atom stereocenters. The first-order valence-corrected chi connectivity index (χ1v) is 10.4. The predicted octanol–water partition coefficient (Wildman–Crippen LogP) is 3.07. The number of morpholine rings is 1. The van der Waals surface area contributed by atoms with Crippen LogP contribution in [0, 0.1) is 0 Å². The smallest absolute Gasteiger partial charge is 0.243 e. The maximum Gasteiger partial charge on any atom is 0.243 e. The highest BCUT2D eigenvalue weighted by Gasteiger charge is 2.32. The summed E-state index contributed by atoms with van der Waals surface area (Å²) in [5.41, 5.74) is 1.98. The zero-order valence-electron chi connectivity index (χ0n) is 16.4. The lowest BCUT2D eigenvalue weighted by Crippen LogP contribution is -2.45. The maximum absolute atomic E-state index is 13.4. The number of nitrogens with zero attached hydrogens (tertiary/aromatic N) is 5. The fourth-order valence-electron chi connectivity index (χ4n) is 4.60. The molecule has 8 nitrogen and oxygen atoms in total. The fraction of sp³-hybridized carbons (Fsp3) is 0.524. The molecule has 1 aliphatic heterocycles. The fourth-order valence-corrected chi connectivity index (χ4v) is 4.60. The molecule has 1 aliphatic carbocycles. The summed E-state index contributed by atoms with van der Waals surface area (Å²) >= 11 is 0. The van der Waals surface area contributed by atoms with Crippen LogP contribution in [0.15, 0.2) is 35.2 Å². The van der Waals surface area contributed by atoms with E-state index in [9.17, 15) is 4.79 Å². The number of hydrogen-bond acceptors (Lipinski definition) is 6. The van der Waals surface area contributed by atoms with Gasteiger partial charge in [-0.15, -0.1) is 0 Å². The van der Waals surface area contributed by atoms with Crippen molar-refractivity contribution in [1.29, 1.82) is 0 Å². The molecule has 5 rings (SSSR count). The monoisotopic (exact) mass is 395 g/mol. The number of aromatic nitrogens is 4. The van der Waals surface area contributed by atoms with Crippen molar-refractivity contribution in [2.75, 3.05) is 19.8 Å². The van der Waals surface area contributed by atoms with Gasteiger partial charge in [-0.1, -0.05) is 36.6 Å². The SMILES string of the molecule is O=C(Cn1c(C2CCCCC2)nc2ccccc21)N1CCOCC1c1ncon1. The van der Waals surface area contributed by atoms with Crippen molar-refractivity contribution < 1.29 is 14.1 Å². The number of imidazole rings is 1. The van der Waals surface area contributed by atoms with E-state index in [1.165, 1.54) is 25.7 Å². The zero-order chi connectivity index (χ0) is 19.6. The quantitative estimate of drug-likeness (QED) is 0.675. The third-order valence-corrected chi connectivity index (χ3v) is 6.07. The number of carbonyl (C=O) groups is 1. The Morgan fingerprint density at radius 1 is 1.17 bits per heavy atom. The number of amides is 1. The van der Waals surface area contributed by atoms with Crippen LogP contribution in [-0.4, -0.2) is 50.3 Å². The molecule has 1 aromatic carbocycles. The van der Waals surface area contributed by atoms with E-state index in [4.69, 9.17) is 14.2 Å². The first kappa shape index (κ1) is 18.3. The van der Waals surface area contributed by atoms with Gasteiger partial charge in [0.1, 0.15) is 18.4 Å². The van der Waals surface area contributed by atoms with Crippen LogP contribution in [0.4, 0.5) is 0 Å². The maximum atomic E-state index is 13.4. The van der Waals surface area contributed by atoms with Crippen molar-refractivity contribution in [3.8, 4) is 0 Å². The van der Waals surface area contributed by atoms with E-state index < -0.39 is 0 Å². The van der Waals surface area contributed by atoms with Crippen LogP contribution in [0.25, 0.3) is 11.0 Å². The van der Waals surface area contributed by atoms with Crippen molar-refractivity contribution >= 4 is 16.9 Å². The van der Waals surface area contributed by atoms with Crippen LogP contribution in [0.3, 0.4) is 0 Å². The summed E-state index contributed by atoms with van der Waals surface area (Å²) in [6.45, 7) is 1.68. The Morgan fingerprint density at radius 2 is 2.03 bits per heavy atom. The van der Waals surface area contributed by atoms with Crippen LogP contribution >= 0.6 is 0 Å². The molecule has 0 radical (unpaired) electrons. The predicted molar refractivity (Wildman–Crippen MR) is 105 cm³/mol. The number of rotatable bonds is 4. The molecule has 1 saturated carbocycles. The van der Waals surface area contributed by atoms with Crippen LogP contribution in [0.5, 0.6) is 0 Å². The second-order valence-corrected chi connectivity index (χ2v) is 7.85. The van der Waals surface area contributed by atoms with Gasteiger partial charge < -0.3 is 18.7 Å². The summed E-state index contributed by atoms with van der Waals surface area (Å²) in [6, 6.07) is 7.77. The molecule has 2 fully saturated rings. The lowest BCUT2D eigenvalue weighted by Gasteiger charge is -2.34. The van der Waals surface area contributed by atoms with Gasteiger partial charge in [0, 0.05) is 12.5 Å². The molecule has 2 aromatic heterocycles. The molecular weight excluding hydrogens is 370 g/mol. The largest absolute Gasteiger partial charge is 0.377 e. The lowest BCUT2D eigenvalue weighted by atomic mass is 9.88. The van der Waals surface area contributed by atoms with Gasteiger partial charge in [0.15, 0.2) is 5.82 Å². The third-order valence-electron chi connectivity index (χ3n) is 6.07. The molecule has 0 spiro atoms. The average Bonchev–Trinajstić information content (AvgIpc) is 3.43. The highest BCUT2D eigenvalue weighted by molar-refractivity contribution is 5.81. The number of benzene rings is 1. The zero-order valence-corrected chi connectivity index (χ0v) is 16.4.